The van der Waals surface area contributed by atoms with Gasteiger partial charge in [-0.05, 0) is 25.1 Å². The van der Waals surface area contributed by atoms with Crippen molar-refractivity contribution in [1.82, 2.24) is 14.9 Å². The van der Waals surface area contributed by atoms with Crippen LogP contribution in [0.15, 0.2) is 18.2 Å². The number of hydrogen-bond donors (Lipinski definition) is 1. The summed E-state index contributed by atoms with van der Waals surface area (Å²) < 4.78 is 7.64. The van der Waals surface area contributed by atoms with E-state index in [0.717, 1.165) is 43.1 Å². The van der Waals surface area contributed by atoms with Crippen LogP contribution in [0.4, 0.5) is 0 Å². The molecule has 0 aliphatic heterocycles. The number of fused-ring (bicyclic) bond motifs is 1. The molecule has 1 N–H and O–H groups in total. The van der Waals surface area contributed by atoms with Gasteiger partial charge < -0.3 is 14.6 Å². The Kier molecular flexibility index (Phi) is 5.01. The maximum absolute atomic E-state index is 5.30. The SMILES string of the molecule is CCCn1c(C(C)CNCC)nc2cc(OC)ccc21. The van der Waals surface area contributed by atoms with Crippen molar-refractivity contribution in [2.45, 2.75) is 39.7 Å². The first-order valence-electron chi connectivity index (χ1n) is 7.46. The second kappa shape index (κ2) is 6.75. The zero-order valence-corrected chi connectivity index (χ0v) is 12.9. The highest BCUT2D eigenvalue weighted by atomic mass is 16.5. The van der Waals surface area contributed by atoms with Crippen molar-refractivity contribution in [3.63, 3.8) is 0 Å². The molecule has 0 aliphatic carbocycles. The van der Waals surface area contributed by atoms with Gasteiger partial charge in [0.2, 0.25) is 0 Å². The Morgan fingerprint density at radius 1 is 1.35 bits per heavy atom. The van der Waals surface area contributed by atoms with E-state index in [2.05, 4.69) is 36.7 Å². The highest BCUT2D eigenvalue weighted by Crippen LogP contribution is 2.25. The molecular weight excluding hydrogens is 250 g/mol. The van der Waals surface area contributed by atoms with E-state index in [4.69, 9.17) is 9.72 Å². The fraction of sp³-hybridized carbons (Fsp3) is 0.562. The lowest BCUT2D eigenvalue weighted by atomic mass is 10.1. The molecule has 1 heterocycles. The Morgan fingerprint density at radius 2 is 2.15 bits per heavy atom. The van der Waals surface area contributed by atoms with Crippen LogP contribution >= 0.6 is 0 Å². The molecule has 0 fully saturated rings. The number of benzene rings is 1. The summed E-state index contributed by atoms with van der Waals surface area (Å²) in [5.74, 6) is 2.43. The van der Waals surface area contributed by atoms with Crippen molar-refractivity contribution in [2.75, 3.05) is 20.2 Å². The molecule has 0 bridgehead atoms. The number of likely N-dealkylation sites (N-methyl/N-ethyl adjacent to an activating group) is 1. The first-order chi connectivity index (χ1) is 9.71. The van der Waals surface area contributed by atoms with Crippen LogP contribution in [-0.2, 0) is 6.54 Å². The van der Waals surface area contributed by atoms with E-state index in [1.165, 1.54) is 5.52 Å². The monoisotopic (exact) mass is 275 g/mol. The maximum atomic E-state index is 5.30. The number of hydrogen-bond acceptors (Lipinski definition) is 3. The molecule has 1 aromatic carbocycles. The van der Waals surface area contributed by atoms with Gasteiger partial charge >= 0.3 is 0 Å². The minimum absolute atomic E-state index is 0.403. The average Bonchev–Trinajstić information content (AvgIpc) is 2.83. The summed E-state index contributed by atoms with van der Waals surface area (Å²) in [6.07, 6.45) is 1.11. The normalized spacial score (nSPS) is 12.8. The van der Waals surface area contributed by atoms with Gasteiger partial charge in [-0.15, -0.1) is 0 Å². The van der Waals surface area contributed by atoms with Crippen LogP contribution in [0.25, 0.3) is 11.0 Å². The second-order valence-electron chi connectivity index (χ2n) is 5.19. The van der Waals surface area contributed by atoms with Crippen molar-refractivity contribution in [1.29, 1.82) is 0 Å². The highest BCUT2D eigenvalue weighted by molar-refractivity contribution is 5.78. The number of aromatic nitrogens is 2. The van der Waals surface area contributed by atoms with E-state index in [0.29, 0.717) is 5.92 Å². The number of rotatable bonds is 7. The van der Waals surface area contributed by atoms with E-state index in [-0.39, 0.29) is 0 Å². The summed E-state index contributed by atoms with van der Waals surface area (Å²) in [7, 11) is 1.69. The minimum Gasteiger partial charge on any atom is -0.497 e. The average molecular weight is 275 g/mol. The lowest BCUT2D eigenvalue weighted by molar-refractivity contribution is 0.415. The molecule has 4 nitrogen and oxygen atoms in total. The molecular formula is C16H25N3O. The lowest BCUT2D eigenvalue weighted by Crippen LogP contribution is -2.21. The van der Waals surface area contributed by atoms with Crippen molar-refractivity contribution in [3.8, 4) is 5.75 Å². The number of methoxy groups -OCH3 is 1. The Morgan fingerprint density at radius 3 is 2.80 bits per heavy atom. The van der Waals surface area contributed by atoms with Crippen LogP contribution in [0.2, 0.25) is 0 Å². The van der Waals surface area contributed by atoms with Gasteiger partial charge in [-0.25, -0.2) is 4.98 Å². The van der Waals surface area contributed by atoms with E-state index < -0.39 is 0 Å². The largest absolute Gasteiger partial charge is 0.497 e. The third-order valence-corrected chi connectivity index (χ3v) is 3.57. The van der Waals surface area contributed by atoms with Gasteiger partial charge in [0.05, 0.1) is 18.1 Å². The topological polar surface area (TPSA) is 39.1 Å². The van der Waals surface area contributed by atoms with Crippen molar-refractivity contribution >= 4 is 11.0 Å². The summed E-state index contributed by atoms with van der Waals surface area (Å²) in [4.78, 5) is 4.84. The predicted molar refractivity (Wildman–Crippen MR) is 83.5 cm³/mol. The number of nitrogens with one attached hydrogen (secondary N) is 1. The number of nitrogens with zero attached hydrogens (tertiary/aromatic N) is 2. The third-order valence-electron chi connectivity index (χ3n) is 3.57. The van der Waals surface area contributed by atoms with Crippen LogP contribution in [0.5, 0.6) is 5.75 Å². The zero-order valence-electron chi connectivity index (χ0n) is 12.9. The summed E-state index contributed by atoms with van der Waals surface area (Å²) in [6, 6.07) is 6.14. The standard InChI is InChI=1S/C16H25N3O/c1-5-9-19-15-8-7-13(20-4)10-14(15)18-16(19)12(3)11-17-6-2/h7-8,10,12,17H,5-6,9,11H2,1-4H3. The van der Waals surface area contributed by atoms with Crippen LogP contribution < -0.4 is 10.1 Å². The molecule has 20 heavy (non-hydrogen) atoms. The van der Waals surface area contributed by atoms with Crippen molar-refractivity contribution in [2.24, 2.45) is 0 Å². The lowest BCUT2D eigenvalue weighted by Gasteiger charge is -2.14. The fourth-order valence-electron chi connectivity index (χ4n) is 2.54. The van der Waals surface area contributed by atoms with Crippen LogP contribution in [0.3, 0.4) is 0 Å². The third kappa shape index (κ3) is 2.96. The minimum atomic E-state index is 0.403. The molecule has 0 aliphatic rings. The number of aryl methyl sites for hydroxylation is 1. The van der Waals surface area contributed by atoms with Crippen LogP contribution in [0.1, 0.15) is 38.9 Å². The first kappa shape index (κ1) is 14.9. The second-order valence-corrected chi connectivity index (χ2v) is 5.19. The molecule has 4 heteroatoms. The molecule has 0 saturated heterocycles. The van der Waals surface area contributed by atoms with Gasteiger partial charge in [0.15, 0.2) is 0 Å². The summed E-state index contributed by atoms with van der Waals surface area (Å²) in [6.45, 7) is 9.52. The molecule has 0 radical (unpaired) electrons. The Hall–Kier alpha value is -1.55. The summed E-state index contributed by atoms with van der Waals surface area (Å²) in [5.41, 5.74) is 2.22. The van der Waals surface area contributed by atoms with Gasteiger partial charge in [-0.3, -0.25) is 0 Å². The quantitative estimate of drug-likeness (QED) is 0.843. The van der Waals surface area contributed by atoms with Crippen molar-refractivity contribution < 1.29 is 4.74 Å². The molecule has 1 atom stereocenters. The molecule has 2 rings (SSSR count). The van der Waals surface area contributed by atoms with Gasteiger partial charge in [0, 0.05) is 25.1 Å². The fourth-order valence-corrected chi connectivity index (χ4v) is 2.54. The van der Waals surface area contributed by atoms with Gasteiger partial charge in [0.25, 0.3) is 0 Å². The summed E-state index contributed by atoms with van der Waals surface area (Å²) in [5, 5.41) is 3.40. The van der Waals surface area contributed by atoms with Crippen LogP contribution in [-0.4, -0.2) is 29.8 Å². The van der Waals surface area contributed by atoms with Gasteiger partial charge in [-0.2, -0.15) is 0 Å². The van der Waals surface area contributed by atoms with E-state index >= 15 is 0 Å². The molecule has 1 unspecified atom stereocenters. The van der Waals surface area contributed by atoms with E-state index in [1.807, 2.05) is 12.1 Å². The Labute approximate surface area is 121 Å². The van der Waals surface area contributed by atoms with E-state index in [9.17, 15) is 0 Å². The molecule has 0 saturated carbocycles. The van der Waals surface area contributed by atoms with Crippen LogP contribution in [0, 0.1) is 0 Å². The smallest absolute Gasteiger partial charge is 0.121 e. The predicted octanol–water partition coefficient (Wildman–Crippen LogP) is 3.17. The molecule has 0 spiro atoms. The number of imidazole rings is 1. The van der Waals surface area contributed by atoms with E-state index in [1.54, 1.807) is 7.11 Å². The highest BCUT2D eigenvalue weighted by Gasteiger charge is 2.16. The van der Waals surface area contributed by atoms with Gasteiger partial charge in [0.1, 0.15) is 11.6 Å². The molecule has 0 amide bonds. The Bertz CT molecular complexity index is 562. The first-order valence-corrected chi connectivity index (χ1v) is 7.46. The zero-order chi connectivity index (χ0) is 14.5. The number of ether oxygens (including phenoxy) is 1. The Balaban J connectivity index is 2.43. The van der Waals surface area contributed by atoms with Crippen molar-refractivity contribution in [3.05, 3.63) is 24.0 Å². The molecule has 2 aromatic rings. The maximum Gasteiger partial charge on any atom is 0.121 e. The molecule has 110 valence electrons. The summed E-state index contributed by atoms with van der Waals surface area (Å²) >= 11 is 0. The van der Waals surface area contributed by atoms with Gasteiger partial charge in [-0.1, -0.05) is 20.8 Å². The molecule has 1 aromatic heterocycles.